The van der Waals surface area contributed by atoms with E-state index in [2.05, 4.69) is 27.3 Å². The van der Waals surface area contributed by atoms with Crippen molar-refractivity contribution in [2.75, 3.05) is 6.61 Å². The van der Waals surface area contributed by atoms with E-state index in [1.165, 1.54) is 37.0 Å². The molecule has 2 aromatic heterocycles. The number of aromatic nitrogens is 4. The Morgan fingerprint density at radius 1 is 1.13 bits per heavy atom. The van der Waals surface area contributed by atoms with Gasteiger partial charge in [-0.3, -0.25) is 0 Å². The van der Waals surface area contributed by atoms with E-state index < -0.39 is 5.54 Å². The van der Waals surface area contributed by atoms with Crippen molar-refractivity contribution in [3.63, 3.8) is 0 Å². The summed E-state index contributed by atoms with van der Waals surface area (Å²) in [4.78, 5) is 4.68. The average Bonchev–Trinajstić information content (AvgIpc) is 3.45. The molecule has 8 heteroatoms. The molecule has 0 saturated heterocycles. The van der Waals surface area contributed by atoms with Crippen LogP contribution in [0.25, 0.3) is 22.0 Å². The molecule has 0 radical (unpaired) electrons. The topological polar surface area (TPSA) is 111 Å². The molecule has 0 bridgehead atoms. The molecule has 0 unspecified atom stereocenters. The normalized spacial score (nSPS) is 21.5. The van der Waals surface area contributed by atoms with Gasteiger partial charge >= 0.3 is 0 Å². The first kappa shape index (κ1) is 21.1. The number of aliphatic hydroxyl groups is 1. The largest absolute Gasteiger partial charge is 0.394 e. The van der Waals surface area contributed by atoms with Crippen LogP contribution in [-0.2, 0) is 5.54 Å². The number of nitrogens with two attached hydrogens (primary N) is 1. The predicted octanol–water partition coefficient (Wildman–Crippen LogP) is 4.50. The van der Waals surface area contributed by atoms with Crippen molar-refractivity contribution in [3.05, 3.63) is 35.2 Å². The molecule has 1 aromatic carbocycles. The van der Waals surface area contributed by atoms with Crippen molar-refractivity contribution in [1.29, 1.82) is 0 Å². The van der Waals surface area contributed by atoms with Crippen LogP contribution in [0.2, 0.25) is 0 Å². The number of aliphatic hydroxyl groups excluding tert-OH is 1. The molecule has 0 aliphatic heterocycles. The standard InChI is InChI=1S/C22H29N5O2S/c1-3-4-14-5-7-16(8-6-14)19-24-18(27-29-19)15-9-11-17(12-10-15)20-25-26-21(30-20)22(2,23)13-28/h9-12,14,16,28H,3-8,13,23H2,1-2H3/t14-,16-,22-/m0/s1. The van der Waals surface area contributed by atoms with Crippen molar-refractivity contribution >= 4 is 11.3 Å². The molecular weight excluding hydrogens is 398 g/mol. The van der Waals surface area contributed by atoms with E-state index in [0.29, 0.717) is 16.7 Å². The molecule has 160 valence electrons. The maximum Gasteiger partial charge on any atom is 0.230 e. The average molecular weight is 428 g/mol. The van der Waals surface area contributed by atoms with Gasteiger partial charge in [0.2, 0.25) is 11.7 Å². The van der Waals surface area contributed by atoms with E-state index in [9.17, 15) is 5.11 Å². The molecule has 1 atom stereocenters. The Balaban J connectivity index is 1.44. The van der Waals surface area contributed by atoms with Crippen molar-refractivity contribution in [2.45, 2.75) is 63.8 Å². The van der Waals surface area contributed by atoms with Crippen LogP contribution >= 0.6 is 11.3 Å². The van der Waals surface area contributed by atoms with E-state index >= 15 is 0 Å². The van der Waals surface area contributed by atoms with E-state index in [1.807, 2.05) is 24.3 Å². The second-order valence-electron chi connectivity index (χ2n) is 8.53. The summed E-state index contributed by atoms with van der Waals surface area (Å²) in [6.07, 6.45) is 7.38. The summed E-state index contributed by atoms with van der Waals surface area (Å²) in [7, 11) is 0. The molecule has 4 rings (SSSR count). The summed E-state index contributed by atoms with van der Waals surface area (Å²) in [5, 5.41) is 23.3. The Morgan fingerprint density at radius 3 is 2.50 bits per heavy atom. The van der Waals surface area contributed by atoms with E-state index in [-0.39, 0.29) is 6.61 Å². The fourth-order valence-electron chi connectivity index (χ4n) is 4.02. The van der Waals surface area contributed by atoms with Crippen LogP contribution in [0.1, 0.15) is 69.2 Å². The highest BCUT2D eigenvalue weighted by molar-refractivity contribution is 7.14. The SMILES string of the molecule is CCC[C@H]1CC[C@H](c2nc(-c3ccc(-c4nnc([C@@](C)(N)CO)s4)cc3)no2)CC1. The van der Waals surface area contributed by atoms with Gasteiger partial charge in [-0.25, -0.2) is 0 Å². The highest BCUT2D eigenvalue weighted by Crippen LogP contribution is 2.37. The van der Waals surface area contributed by atoms with Gasteiger partial charge in [0.15, 0.2) is 0 Å². The molecule has 1 aliphatic carbocycles. The number of benzene rings is 1. The third-order valence-electron chi connectivity index (χ3n) is 5.97. The summed E-state index contributed by atoms with van der Waals surface area (Å²) in [5.74, 6) is 2.64. The molecule has 7 nitrogen and oxygen atoms in total. The Bertz CT molecular complexity index is 958. The smallest absolute Gasteiger partial charge is 0.230 e. The summed E-state index contributed by atoms with van der Waals surface area (Å²) in [6.45, 7) is 3.82. The van der Waals surface area contributed by atoms with Crippen molar-refractivity contribution in [3.8, 4) is 22.0 Å². The van der Waals surface area contributed by atoms with E-state index in [4.69, 9.17) is 10.3 Å². The lowest BCUT2D eigenvalue weighted by atomic mass is 9.80. The van der Waals surface area contributed by atoms with Crippen molar-refractivity contribution in [1.82, 2.24) is 20.3 Å². The lowest BCUT2D eigenvalue weighted by Crippen LogP contribution is -2.36. The van der Waals surface area contributed by atoms with Crippen LogP contribution in [0.15, 0.2) is 28.8 Å². The predicted molar refractivity (Wildman–Crippen MR) is 117 cm³/mol. The van der Waals surface area contributed by atoms with Gasteiger partial charge in [-0.2, -0.15) is 4.98 Å². The molecule has 1 saturated carbocycles. The lowest BCUT2D eigenvalue weighted by molar-refractivity contribution is 0.209. The number of hydrogen-bond acceptors (Lipinski definition) is 8. The minimum Gasteiger partial charge on any atom is -0.394 e. The Hall–Kier alpha value is -2.16. The van der Waals surface area contributed by atoms with Crippen LogP contribution in [-0.4, -0.2) is 32.1 Å². The van der Waals surface area contributed by atoms with Crippen LogP contribution in [0.5, 0.6) is 0 Å². The highest BCUT2D eigenvalue weighted by Gasteiger charge is 2.27. The van der Waals surface area contributed by atoms with Crippen LogP contribution in [0.4, 0.5) is 0 Å². The van der Waals surface area contributed by atoms with Gasteiger partial charge < -0.3 is 15.4 Å². The molecule has 3 aromatic rings. The summed E-state index contributed by atoms with van der Waals surface area (Å²) >= 11 is 1.39. The molecule has 1 fully saturated rings. The minimum absolute atomic E-state index is 0.180. The number of hydrogen-bond donors (Lipinski definition) is 2. The summed E-state index contributed by atoms with van der Waals surface area (Å²) in [6, 6.07) is 7.88. The molecule has 3 N–H and O–H groups in total. The molecule has 0 amide bonds. The molecular formula is C22H29N5O2S. The van der Waals surface area contributed by atoms with E-state index in [1.54, 1.807) is 6.92 Å². The minimum atomic E-state index is -0.882. The van der Waals surface area contributed by atoms with Crippen LogP contribution in [0, 0.1) is 5.92 Å². The van der Waals surface area contributed by atoms with Gasteiger partial charge in [-0.15, -0.1) is 10.2 Å². The number of nitrogens with zero attached hydrogens (tertiary/aromatic N) is 4. The zero-order valence-corrected chi connectivity index (χ0v) is 18.4. The van der Waals surface area contributed by atoms with Gasteiger partial charge in [0.05, 0.1) is 12.1 Å². The third kappa shape index (κ3) is 4.45. The fraction of sp³-hybridized carbons (Fsp3) is 0.545. The molecule has 2 heterocycles. The molecule has 1 aliphatic rings. The van der Waals surface area contributed by atoms with E-state index in [0.717, 1.165) is 40.8 Å². The Morgan fingerprint density at radius 2 is 1.83 bits per heavy atom. The molecule has 0 spiro atoms. The van der Waals surface area contributed by atoms with Crippen LogP contribution < -0.4 is 5.73 Å². The third-order valence-corrected chi connectivity index (χ3v) is 7.22. The van der Waals surface area contributed by atoms with Crippen molar-refractivity contribution < 1.29 is 9.63 Å². The fourth-order valence-corrected chi connectivity index (χ4v) is 4.92. The first-order valence-corrected chi connectivity index (χ1v) is 11.5. The Kier molecular flexibility index (Phi) is 6.26. The maximum atomic E-state index is 9.41. The summed E-state index contributed by atoms with van der Waals surface area (Å²) < 4.78 is 5.60. The quantitative estimate of drug-likeness (QED) is 0.571. The van der Waals surface area contributed by atoms with Gasteiger partial charge in [0, 0.05) is 17.0 Å². The van der Waals surface area contributed by atoms with Crippen molar-refractivity contribution in [2.24, 2.45) is 11.7 Å². The first-order valence-electron chi connectivity index (χ1n) is 10.7. The lowest BCUT2D eigenvalue weighted by Gasteiger charge is -2.25. The van der Waals surface area contributed by atoms with Gasteiger partial charge in [-0.1, -0.05) is 60.5 Å². The Labute approximate surface area is 180 Å². The maximum absolute atomic E-state index is 9.41. The first-order chi connectivity index (χ1) is 14.5. The summed E-state index contributed by atoms with van der Waals surface area (Å²) in [5.41, 5.74) is 7.02. The second kappa shape index (κ2) is 8.91. The van der Waals surface area contributed by atoms with Crippen LogP contribution in [0.3, 0.4) is 0 Å². The second-order valence-corrected chi connectivity index (χ2v) is 9.51. The number of rotatable bonds is 7. The van der Waals surface area contributed by atoms with Gasteiger partial charge in [-0.05, 0) is 38.5 Å². The monoisotopic (exact) mass is 427 g/mol. The zero-order valence-electron chi connectivity index (χ0n) is 17.5. The van der Waals surface area contributed by atoms with Gasteiger partial charge in [0.1, 0.15) is 10.0 Å². The molecule has 30 heavy (non-hydrogen) atoms. The van der Waals surface area contributed by atoms with Gasteiger partial charge in [0.25, 0.3) is 0 Å². The highest BCUT2D eigenvalue weighted by atomic mass is 32.1. The zero-order chi connectivity index (χ0) is 21.1.